The Morgan fingerprint density at radius 2 is 1.79 bits per heavy atom. The summed E-state index contributed by atoms with van der Waals surface area (Å²) in [7, 11) is 3.24. The number of anilines is 2. The van der Waals surface area contributed by atoms with Crippen LogP contribution in [0.25, 0.3) is 0 Å². The molecule has 34 heavy (non-hydrogen) atoms. The van der Waals surface area contributed by atoms with Crippen molar-refractivity contribution in [1.29, 1.82) is 0 Å². The molecule has 1 heterocycles. The Morgan fingerprint density at radius 3 is 2.47 bits per heavy atom. The predicted octanol–water partition coefficient (Wildman–Crippen LogP) is 3.88. The third-order valence-corrected chi connectivity index (χ3v) is 6.64. The van der Waals surface area contributed by atoms with Crippen LogP contribution in [-0.2, 0) is 16.1 Å². The van der Waals surface area contributed by atoms with Crippen molar-refractivity contribution < 1.29 is 14.3 Å². The molecule has 8 heteroatoms. The second kappa shape index (κ2) is 11.4. The molecule has 0 unspecified atom stereocenters. The Hall–Kier alpha value is -3.00. The molecule has 2 fully saturated rings. The lowest BCUT2D eigenvalue weighted by atomic mass is 9.94. The summed E-state index contributed by atoms with van der Waals surface area (Å²) in [4.78, 5) is 37.4. The van der Waals surface area contributed by atoms with Crippen LogP contribution >= 0.6 is 0 Å². The number of carbonyl (C=O) groups is 2. The van der Waals surface area contributed by atoms with Gasteiger partial charge in [-0.25, -0.2) is 9.97 Å². The largest absolute Gasteiger partial charge is 0.468 e. The van der Waals surface area contributed by atoms with Gasteiger partial charge in [-0.05, 0) is 56.3 Å². The number of aromatic nitrogens is 2. The summed E-state index contributed by atoms with van der Waals surface area (Å²) in [5, 5.41) is 2.94. The van der Waals surface area contributed by atoms with E-state index in [0.29, 0.717) is 24.0 Å². The van der Waals surface area contributed by atoms with Gasteiger partial charge < -0.3 is 15.0 Å². The van der Waals surface area contributed by atoms with Crippen LogP contribution in [0.4, 0.5) is 11.5 Å². The summed E-state index contributed by atoms with van der Waals surface area (Å²) in [6.45, 7) is 1.86. The highest BCUT2D eigenvalue weighted by atomic mass is 16.5. The summed E-state index contributed by atoms with van der Waals surface area (Å²) in [5.74, 6) is 1.10. The molecule has 4 rings (SSSR count). The number of methoxy groups -OCH3 is 1. The van der Waals surface area contributed by atoms with Gasteiger partial charge in [0.2, 0.25) is 0 Å². The average Bonchev–Trinajstić information content (AvgIpc) is 3.68. The molecule has 8 nitrogen and oxygen atoms in total. The van der Waals surface area contributed by atoms with Crippen molar-refractivity contribution in [3.05, 3.63) is 47.9 Å². The molecule has 1 N–H and O–H groups in total. The van der Waals surface area contributed by atoms with E-state index < -0.39 is 0 Å². The molecule has 0 radical (unpaired) electrons. The number of rotatable bonds is 10. The van der Waals surface area contributed by atoms with Gasteiger partial charge in [-0.15, -0.1) is 0 Å². The van der Waals surface area contributed by atoms with Gasteiger partial charge in [-0.1, -0.05) is 31.4 Å². The highest BCUT2D eigenvalue weighted by molar-refractivity contribution is 6.03. The molecular weight excluding hydrogens is 430 g/mol. The second-order valence-corrected chi connectivity index (χ2v) is 9.55. The number of amides is 1. The number of nitrogens with zero attached hydrogens (tertiary/aromatic N) is 4. The zero-order chi connectivity index (χ0) is 23.9. The normalized spacial score (nSPS) is 16.3. The van der Waals surface area contributed by atoms with Crippen LogP contribution < -0.4 is 10.2 Å². The quantitative estimate of drug-likeness (QED) is 0.533. The number of esters is 1. The minimum absolute atomic E-state index is 0.226. The van der Waals surface area contributed by atoms with E-state index >= 15 is 0 Å². The summed E-state index contributed by atoms with van der Waals surface area (Å²) in [6, 6.07) is 9.95. The van der Waals surface area contributed by atoms with Crippen LogP contribution in [0.5, 0.6) is 0 Å². The van der Waals surface area contributed by atoms with Crippen molar-refractivity contribution in [3.8, 4) is 0 Å². The van der Waals surface area contributed by atoms with Crippen molar-refractivity contribution in [2.75, 3.05) is 37.5 Å². The SMILES string of the molecule is COC(=O)CN(C)Cc1ccc(NC(=O)c2cc(N(CC3CC3)C3CCCCC3)ncn2)cc1. The van der Waals surface area contributed by atoms with Crippen molar-refractivity contribution in [2.45, 2.75) is 57.5 Å². The van der Waals surface area contributed by atoms with E-state index in [9.17, 15) is 9.59 Å². The molecule has 1 amide bonds. The van der Waals surface area contributed by atoms with Crippen LogP contribution in [0.3, 0.4) is 0 Å². The number of likely N-dealkylation sites (N-methyl/N-ethyl adjacent to an activating group) is 1. The van der Waals surface area contributed by atoms with Crippen LogP contribution in [0.15, 0.2) is 36.7 Å². The van der Waals surface area contributed by atoms with E-state index in [2.05, 4.69) is 20.2 Å². The molecule has 1 aromatic carbocycles. The third kappa shape index (κ3) is 6.76. The Bertz CT molecular complexity index is 971. The van der Waals surface area contributed by atoms with Crippen LogP contribution in [0, 0.1) is 5.92 Å². The lowest BCUT2D eigenvalue weighted by molar-refractivity contribution is -0.141. The minimum Gasteiger partial charge on any atom is -0.468 e. The van der Waals surface area contributed by atoms with Gasteiger partial charge >= 0.3 is 5.97 Å². The molecule has 182 valence electrons. The number of hydrogen-bond acceptors (Lipinski definition) is 7. The van der Waals surface area contributed by atoms with Crippen molar-refractivity contribution >= 4 is 23.4 Å². The van der Waals surface area contributed by atoms with E-state index in [1.807, 2.05) is 42.3 Å². The van der Waals surface area contributed by atoms with E-state index in [-0.39, 0.29) is 18.4 Å². The lowest BCUT2D eigenvalue weighted by Gasteiger charge is -2.35. The van der Waals surface area contributed by atoms with Crippen molar-refractivity contribution in [3.63, 3.8) is 0 Å². The van der Waals surface area contributed by atoms with E-state index in [1.54, 1.807) is 0 Å². The molecular formula is C26H35N5O3. The fourth-order valence-corrected chi connectivity index (χ4v) is 4.57. The summed E-state index contributed by atoms with van der Waals surface area (Å²) < 4.78 is 4.70. The zero-order valence-corrected chi connectivity index (χ0v) is 20.2. The van der Waals surface area contributed by atoms with Gasteiger partial charge in [-0.2, -0.15) is 0 Å². The average molecular weight is 466 g/mol. The topological polar surface area (TPSA) is 87.7 Å². The third-order valence-electron chi connectivity index (χ3n) is 6.64. The summed E-state index contributed by atoms with van der Waals surface area (Å²) >= 11 is 0. The number of hydrogen-bond donors (Lipinski definition) is 1. The van der Waals surface area contributed by atoms with Crippen LogP contribution in [0.1, 0.15) is 61.0 Å². The van der Waals surface area contributed by atoms with E-state index in [4.69, 9.17) is 4.74 Å². The first-order valence-electron chi connectivity index (χ1n) is 12.3. The first-order chi connectivity index (χ1) is 16.5. The van der Waals surface area contributed by atoms with Gasteiger partial charge in [0, 0.05) is 30.9 Å². The van der Waals surface area contributed by atoms with Gasteiger partial charge in [0.25, 0.3) is 5.91 Å². The lowest BCUT2D eigenvalue weighted by Crippen LogP contribution is -2.39. The molecule has 0 atom stereocenters. The minimum atomic E-state index is -0.269. The Kier molecular flexibility index (Phi) is 8.11. The number of benzene rings is 1. The van der Waals surface area contributed by atoms with Gasteiger partial charge in [-0.3, -0.25) is 14.5 Å². The van der Waals surface area contributed by atoms with E-state index in [0.717, 1.165) is 23.8 Å². The second-order valence-electron chi connectivity index (χ2n) is 9.55. The van der Waals surface area contributed by atoms with Gasteiger partial charge in [0.15, 0.2) is 0 Å². The Labute approximate surface area is 201 Å². The number of ether oxygens (including phenoxy) is 1. The Morgan fingerprint density at radius 1 is 1.06 bits per heavy atom. The monoisotopic (exact) mass is 465 g/mol. The van der Waals surface area contributed by atoms with Crippen molar-refractivity contribution in [2.24, 2.45) is 5.92 Å². The molecule has 2 aromatic rings. The summed E-state index contributed by atoms with van der Waals surface area (Å²) in [6.07, 6.45) is 10.3. The highest BCUT2D eigenvalue weighted by Gasteiger charge is 2.30. The smallest absolute Gasteiger partial charge is 0.319 e. The summed E-state index contributed by atoms with van der Waals surface area (Å²) in [5.41, 5.74) is 2.12. The van der Waals surface area contributed by atoms with Crippen LogP contribution in [0.2, 0.25) is 0 Å². The molecule has 0 bridgehead atoms. The fraction of sp³-hybridized carbons (Fsp3) is 0.538. The maximum Gasteiger partial charge on any atom is 0.319 e. The molecule has 2 aliphatic carbocycles. The highest BCUT2D eigenvalue weighted by Crippen LogP contribution is 2.34. The fourth-order valence-electron chi connectivity index (χ4n) is 4.57. The maximum atomic E-state index is 12.9. The number of nitrogens with one attached hydrogen (secondary N) is 1. The standard InChI is InChI=1S/C26H35N5O3/c1-30(17-25(32)34-2)15-19-10-12-21(13-11-19)29-26(33)23-14-24(28-18-27-23)31(16-20-8-9-20)22-6-4-3-5-7-22/h10-14,18,20,22H,3-9,15-17H2,1-2H3,(H,29,33). The maximum absolute atomic E-state index is 12.9. The molecule has 0 aliphatic heterocycles. The zero-order valence-electron chi connectivity index (χ0n) is 20.2. The van der Waals surface area contributed by atoms with Gasteiger partial charge in [0.1, 0.15) is 17.8 Å². The van der Waals surface area contributed by atoms with Crippen LogP contribution in [-0.4, -0.2) is 60.0 Å². The molecule has 0 saturated heterocycles. The Balaban J connectivity index is 1.39. The van der Waals surface area contributed by atoms with Gasteiger partial charge in [0.05, 0.1) is 13.7 Å². The first-order valence-corrected chi connectivity index (χ1v) is 12.3. The molecule has 2 aliphatic rings. The molecule has 0 spiro atoms. The van der Waals surface area contributed by atoms with E-state index in [1.165, 1.54) is 58.4 Å². The first kappa shape index (κ1) is 24.1. The van der Waals surface area contributed by atoms with Crippen molar-refractivity contribution in [1.82, 2.24) is 14.9 Å². The predicted molar refractivity (Wildman–Crippen MR) is 132 cm³/mol. The molecule has 2 saturated carbocycles. The molecule has 1 aromatic heterocycles. The number of carbonyl (C=O) groups excluding carboxylic acids is 2.